The lowest BCUT2D eigenvalue weighted by molar-refractivity contribution is 0.0988. The van der Waals surface area contributed by atoms with E-state index in [2.05, 4.69) is 0 Å². The van der Waals surface area contributed by atoms with Gasteiger partial charge >= 0.3 is 0 Å². The van der Waals surface area contributed by atoms with Gasteiger partial charge in [0.1, 0.15) is 0 Å². The van der Waals surface area contributed by atoms with E-state index in [1.54, 1.807) is 0 Å². The summed E-state index contributed by atoms with van der Waals surface area (Å²) in [5, 5.41) is 0. The summed E-state index contributed by atoms with van der Waals surface area (Å²) in [6, 6.07) is 7.42. The molecule has 0 aliphatic carbocycles. The molecule has 12 heavy (non-hydrogen) atoms. The number of alkyl halides is 1. The van der Waals surface area contributed by atoms with Gasteiger partial charge in [0.15, 0.2) is 5.78 Å². The van der Waals surface area contributed by atoms with Crippen LogP contribution in [0.1, 0.15) is 29.3 Å². The van der Waals surface area contributed by atoms with Crippen LogP contribution in [0, 0.1) is 0 Å². The second-order valence-corrected chi connectivity index (χ2v) is 2.87. The fourth-order valence-electron chi connectivity index (χ4n) is 0.984. The Hall–Kier alpha value is -0.820. The van der Waals surface area contributed by atoms with Crippen LogP contribution in [0.15, 0.2) is 24.3 Å². The highest BCUT2D eigenvalue weighted by molar-refractivity contribution is 6.17. The number of carbonyl (C=O) groups excluding carboxylic acids is 1. The normalized spacial score (nSPS) is 9.83. The molecular formula is C10H11ClO. The second kappa shape index (κ2) is 4.27. The summed E-state index contributed by atoms with van der Waals surface area (Å²) in [6.07, 6.45) is 0.556. The van der Waals surface area contributed by atoms with Crippen LogP contribution in [0.4, 0.5) is 0 Å². The van der Waals surface area contributed by atoms with Crippen molar-refractivity contribution in [2.24, 2.45) is 0 Å². The number of Topliss-reactive ketones (excluding diaryl/α,β-unsaturated/α-hetero) is 1. The minimum Gasteiger partial charge on any atom is -0.294 e. The fraction of sp³-hybridized carbons (Fsp3) is 0.300. The maximum Gasteiger partial charge on any atom is 0.162 e. The first-order valence-corrected chi connectivity index (χ1v) is 4.49. The van der Waals surface area contributed by atoms with Gasteiger partial charge in [-0.1, -0.05) is 31.2 Å². The average Bonchev–Trinajstić information content (AvgIpc) is 2.17. The van der Waals surface area contributed by atoms with Crippen LogP contribution in [0.25, 0.3) is 0 Å². The molecule has 0 atom stereocenters. The summed E-state index contributed by atoms with van der Waals surface area (Å²) < 4.78 is 0. The predicted octanol–water partition coefficient (Wildman–Crippen LogP) is 3.02. The summed E-state index contributed by atoms with van der Waals surface area (Å²) >= 11 is 5.61. The number of ketones is 1. The molecule has 0 N–H and O–H groups in total. The first-order chi connectivity index (χ1) is 5.77. The van der Waals surface area contributed by atoms with Crippen molar-refractivity contribution in [3.8, 4) is 0 Å². The largest absolute Gasteiger partial charge is 0.294 e. The van der Waals surface area contributed by atoms with Gasteiger partial charge in [-0.05, 0) is 5.56 Å². The van der Waals surface area contributed by atoms with Crippen molar-refractivity contribution in [2.75, 3.05) is 0 Å². The number of hydrogen-bond acceptors (Lipinski definition) is 1. The lowest BCUT2D eigenvalue weighted by Gasteiger charge is -1.98. The standard InChI is InChI=1S/C10H11ClO/c1-2-10(12)9-5-3-8(7-11)4-6-9/h3-6H,2,7H2,1H3. The number of hydrogen-bond donors (Lipinski definition) is 0. The fourth-order valence-corrected chi connectivity index (χ4v) is 1.16. The van der Waals surface area contributed by atoms with Crippen LogP contribution in [0.2, 0.25) is 0 Å². The first-order valence-electron chi connectivity index (χ1n) is 3.96. The Labute approximate surface area is 77.4 Å². The van der Waals surface area contributed by atoms with E-state index in [4.69, 9.17) is 11.6 Å². The van der Waals surface area contributed by atoms with E-state index in [1.807, 2.05) is 31.2 Å². The molecule has 0 heterocycles. The van der Waals surface area contributed by atoms with E-state index in [9.17, 15) is 4.79 Å². The topological polar surface area (TPSA) is 17.1 Å². The van der Waals surface area contributed by atoms with Gasteiger partial charge in [-0.25, -0.2) is 0 Å². The molecule has 0 aromatic heterocycles. The molecule has 0 spiro atoms. The highest BCUT2D eigenvalue weighted by atomic mass is 35.5. The van der Waals surface area contributed by atoms with Gasteiger partial charge in [-0.3, -0.25) is 4.79 Å². The summed E-state index contributed by atoms with van der Waals surface area (Å²) in [7, 11) is 0. The number of benzene rings is 1. The summed E-state index contributed by atoms with van der Waals surface area (Å²) in [4.78, 5) is 11.2. The van der Waals surface area contributed by atoms with Crippen molar-refractivity contribution in [1.29, 1.82) is 0 Å². The lowest BCUT2D eigenvalue weighted by Crippen LogP contribution is -1.95. The van der Waals surface area contributed by atoms with Gasteiger partial charge in [-0.2, -0.15) is 0 Å². The third-order valence-corrected chi connectivity index (χ3v) is 2.06. The molecule has 0 saturated heterocycles. The summed E-state index contributed by atoms with van der Waals surface area (Å²) in [5.74, 6) is 0.678. The summed E-state index contributed by atoms with van der Waals surface area (Å²) in [6.45, 7) is 1.86. The van der Waals surface area contributed by atoms with Gasteiger partial charge in [0.2, 0.25) is 0 Å². The Morgan fingerprint density at radius 3 is 2.33 bits per heavy atom. The average molecular weight is 183 g/mol. The molecule has 64 valence electrons. The molecule has 0 unspecified atom stereocenters. The van der Waals surface area contributed by atoms with Crippen molar-refractivity contribution < 1.29 is 4.79 Å². The van der Waals surface area contributed by atoms with Crippen molar-refractivity contribution in [2.45, 2.75) is 19.2 Å². The molecule has 0 aliphatic rings. The summed E-state index contributed by atoms with van der Waals surface area (Å²) in [5.41, 5.74) is 1.82. The van der Waals surface area contributed by atoms with Crippen molar-refractivity contribution in [1.82, 2.24) is 0 Å². The second-order valence-electron chi connectivity index (χ2n) is 2.61. The minimum atomic E-state index is 0.177. The highest BCUT2D eigenvalue weighted by Crippen LogP contribution is 2.08. The predicted molar refractivity (Wildman–Crippen MR) is 50.6 cm³/mol. The maximum absolute atomic E-state index is 11.2. The third-order valence-electron chi connectivity index (χ3n) is 1.75. The van der Waals surface area contributed by atoms with Crippen LogP contribution >= 0.6 is 11.6 Å². The van der Waals surface area contributed by atoms with E-state index < -0.39 is 0 Å². The van der Waals surface area contributed by atoms with Crippen molar-refractivity contribution >= 4 is 17.4 Å². The third kappa shape index (κ3) is 2.08. The molecule has 0 saturated carbocycles. The monoisotopic (exact) mass is 182 g/mol. The zero-order valence-electron chi connectivity index (χ0n) is 7.01. The van der Waals surface area contributed by atoms with E-state index >= 15 is 0 Å². The van der Waals surface area contributed by atoms with E-state index in [-0.39, 0.29) is 5.78 Å². The van der Waals surface area contributed by atoms with Gasteiger partial charge in [-0.15, -0.1) is 11.6 Å². The molecule has 0 amide bonds. The smallest absolute Gasteiger partial charge is 0.162 e. The van der Waals surface area contributed by atoms with Crippen LogP contribution in [-0.2, 0) is 5.88 Å². The number of rotatable bonds is 3. The highest BCUT2D eigenvalue weighted by Gasteiger charge is 2.01. The molecule has 2 heteroatoms. The molecule has 1 aromatic carbocycles. The van der Waals surface area contributed by atoms with E-state index in [0.717, 1.165) is 11.1 Å². The van der Waals surface area contributed by atoms with Gasteiger partial charge < -0.3 is 0 Å². The Balaban J connectivity index is 2.84. The molecule has 1 nitrogen and oxygen atoms in total. The molecule has 0 fully saturated rings. The van der Waals surface area contributed by atoms with Crippen molar-refractivity contribution in [3.63, 3.8) is 0 Å². The zero-order valence-corrected chi connectivity index (χ0v) is 7.77. The van der Waals surface area contributed by atoms with Gasteiger partial charge in [0, 0.05) is 17.9 Å². The molecule has 1 rings (SSSR count). The Bertz CT molecular complexity index is 264. The quantitative estimate of drug-likeness (QED) is 0.519. The van der Waals surface area contributed by atoms with Gasteiger partial charge in [0.25, 0.3) is 0 Å². The van der Waals surface area contributed by atoms with Crippen LogP contribution in [0.3, 0.4) is 0 Å². The van der Waals surface area contributed by atoms with Crippen LogP contribution in [-0.4, -0.2) is 5.78 Å². The molecule has 0 aliphatic heterocycles. The molecule has 1 aromatic rings. The van der Waals surface area contributed by atoms with E-state index in [1.165, 1.54) is 0 Å². The Morgan fingerprint density at radius 2 is 1.92 bits per heavy atom. The SMILES string of the molecule is CCC(=O)c1ccc(CCl)cc1. The zero-order chi connectivity index (χ0) is 8.97. The Kier molecular flexibility index (Phi) is 3.30. The van der Waals surface area contributed by atoms with E-state index in [0.29, 0.717) is 12.3 Å². The van der Waals surface area contributed by atoms with Gasteiger partial charge in [0.05, 0.1) is 0 Å². The van der Waals surface area contributed by atoms with Crippen molar-refractivity contribution in [3.05, 3.63) is 35.4 Å². The Morgan fingerprint density at radius 1 is 1.33 bits per heavy atom. The first kappa shape index (κ1) is 9.27. The minimum absolute atomic E-state index is 0.177. The lowest BCUT2D eigenvalue weighted by atomic mass is 10.1. The molecule has 0 radical (unpaired) electrons. The number of carbonyl (C=O) groups is 1. The van der Waals surface area contributed by atoms with Crippen LogP contribution < -0.4 is 0 Å². The molecule has 0 bridgehead atoms. The molecular weight excluding hydrogens is 172 g/mol. The maximum atomic E-state index is 11.2. The van der Waals surface area contributed by atoms with Crippen LogP contribution in [0.5, 0.6) is 0 Å². The number of halogens is 1.